The maximum absolute atomic E-state index is 12.0. The summed E-state index contributed by atoms with van der Waals surface area (Å²) in [5.41, 5.74) is 1.11. The quantitative estimate of drug-likeness (QED) is 0.707. The molecule has 0 saturated carbocycles. The number of aromatic nitrogens is 1. The highest BCUT2D eigenvalue weighted by Gasteiger charge is 2.16. The van der Waals surface area contributed by atoms with Crippen LogP contribution < -0.4 is 10.6 Å². The van der Waals surface area contributed by atoms with Gasteiger partial charge in [0, 0.05) is 25.0 Å². The topological polar surface area (TPSA) is 83.2 Å². The van der Waals surface area contributed by atoms with E-state index in [1.54, 1.807) is 12.4 Å². The van der Waals surface area contributed by atoms with Crippen LogP contribution in [0.2, 0.25) is 0 Å². The molecule has 0 saturated heterocycles. The van der Waals surface area contributed by atoms with E-state index in [4.69, 9.17) is 4.74 Å². The van der Waals surface area contributed by atoms with Crippen molar-refractivity contribution in [3.05, 3.63) is 23.5 Å². The summed E-state index contributed by atoms with van der Waals surface area (Å²) < 4.78 is 5.15. The Morgan fingerprint density at radius 1 is 1.32 bits per heavy atom. The number of carbonyl (C=O) groups is 2. The molecule has 0 radical (unpaired) electrons. The van der Waals surface area contributed by atoms with Gasteiger partial charge in [-0.05, 0) is 53.0 Å². The number of carbonyl (C=O) groups excluding carboxylic acids is 2. The zero-order chi connectivity index (χ0) is 16.8. The predicted molar refractivity (Wildman–Crippen MR) is 85.9 cm³/mol. The first-order valence-corrected chi connectivity index (χ1v) is 7.60. The fourth-order valence-corrected chi connectivity index (χ4v) is 1.97. The van der Waals surface area contributed by atoms with Gasteiger partial charge in [0.15, 0.2) is 0 Å². The van der Waals surface area contributed by atoms with Crippen LogP contribution in [-0.2, 0) is 4.74 Å². The van der Waals surface area contributed by atoms with Gasteiger partial charge in [-0.3, -0.25) is 4.79 Å². The van der Waals surface area contributed by atoms with Gasteiger partial charge in [0.05, 0.1) is 5.56 Å². The molecule has 1 heterocycles. The molecule has 2 amide bonds. The third kappa shape index (κ3) is 6.65. The second kappa shape index (κ2) is 7.87. The van der Waals surface area contributed by atoms with Crippen molar-refractivity contribution in [1.82, 2.24) is 15.6 Å². The van der Waals surface area contributed by atoms with E-state index in [9.17, 15) is 9.59 Å². The first-order chi connectivity index (χ1) is 10.2. The molecule has 0 aliphatic heterocycles. The Balaban J connectivity index is 2.21. The third-order valence-corrected chi connectivity index (χ3v) is 3.06. The van der Waals surface area contributed by atoms with Crippen molar-refractivity contribution in [1.29, 1.82) is 0 Å². The largest absolute Gasteiger partial charge is 0.444 e. The lowest BCUT2D eigenvalue weighted by Gasteiger charge is -2.20. The molecule has 1 rings (SSSR count). The van der Waals surface area contributed by atoms with Crippen LogP contribution in [0.5, 0.6) is 0 Å². The molecule has 0 spiro atoms. The number of ether oxygens (including phenoxy) is 1. The van der Waals surface area contributed by atoms with Gasteiger partial charge in [0.2, 0.25) is 0 Å². The zero-order valence-electron chi connectivity index (χ0n) is 14.1. The smallest absolute Gasteiger partial charge is 0.407 e. The summed E-state index contributed by atoms with van der Waals surface area (Å²) in [6, 6.07) is 0.0437. The first-order valence-electron chi connectivity index (χ1n) is 7.60. The minimum Gasteiger partial charge on any atom is -0.444 e. The average molecular weight is 309 g/mol. The summed E-state index contributed by atoms with van der Waals surface area (Å²) in [6.07, 6.45) is 4.64. The molecule has 6 nitrogen and oxygen atoms in total. The highest BCUT2D eigenvalue weighted by atomic mass is 16.6. The molecule has 1 aromatic heterocycles. The van der Waals surface area contributed by atoms with E-state index in [0.29, 0.717) is 12.1 Å². The Morgan fingerprint density at radius 2 is 2.00 bits per heavy atom. The van der Waals surface area contributed by atoms with Crippen molar-refractivity contribution in [3.8, 4) is 0 Å². The number of hydrogen-bond donors (Lipinski definition) is 3. The Kier molecular flexibility index (Phi) is 6.46. The molecule has 124 valence electrons. The molecule has 1 unspecified atom stereocenters. The van der Waals surface area contributed by atoms with Crippen molar-refractivity contribution in [2.24, 2.45) is 0 Å². The van der Waals surface area contributed by atoms with Crippen molar-refractivity contribution in [2.75, 3.05) is 6.54 Å². The number of rotatable bonds is 6. The van der Waals surface area contributed by atoms with Gasteiger partial charge >= 0.3 is 6.09 Å². The number of H-pyrrole nitrogens is 1. The number of alkyl carbamates (subject to hydrolysis) is 1. The van der Waals surface area contributed by atoms with Crippen molar-refractivity contribution < 1.29 is 14.3 Å². The lowest BCUT2D eigenvalue weighted by molar-refractivity contribution is 0.0526. The van der Waals surface area contributed by atoms with Gasteiger partial charge in [-0.15, -0.1) is 0 Å². The van der Waals surface area contributed by atoms with Gasteiger partial charge in [0.1, 0.15) is 5.60 Å². The van der Waals surface area contributed by atoms with Crippen LogP contribution in [0.1, 0.15) is 56.5 Å². The SMILES string of the molecule is Cc1c[nH]cc1C(=O)NC(C)CCCNC(=O)OC(C)(C)C. The van der Waals surface area contributed by atoms with Gasteiger partial charge in [-0.25, -0.2) is 4.79 Å². The molecule has 1 aromatic rings. The van der Waals surface area contributed by atoms with Crippen molar-refractivity contribution in [3.63, 3.8) is 0 Å². The van der Waals surface area contributed by atoms with Crippen LogP contribution in [-0.4, -0.2) is 35.2 Å². The second-order valence-electron chi connectivity index (χ2n) is 6.50. The molecule has 0 aliphatic carbocycles. The van der Waals surface area contributed by atoms with Crippen LogP contribution in [0.4, 0.5) is 4.79 Å². The number of amides is 2. The molecular weight excluding hydrogens is 282 g/mol. The van der Waals surface area contributed by atoms with E-state index in [-0.39, 0.29) is 11.9 Å². The molecule has 22 heavy (non-hydrogen) atoms. The second-order valence-corrected chi connectivity index (χ2v) is 6.50. The average Bonchev–Trinajstić information content (AvgIpc) is 2.79. The number of aryl methyl sites for hydroxylation is 1. The van der Waals surface area contributed by atoms with Gasteiger partial charge in [-0.2, -0.15) is 0 Å². The van der Waals surface area contributed by atoms with Gasteiger partial charge in [0.25, 0.3) is 5.91 Å². The highest BCUT2D eigenvalue weighted by molar-refractivity contribution is 5.95. The van der Waals surface area contributed by atoms with Gasteiger partial charge < -0.3 is 20.4 Å². The summed E-state index contributed by atoms with van der Waals surface area (Å²) >= 11 is 0. The lowest BCUT2D eigenvalue weighted by Crippen LogP contribution is -2.35. The monoisotopic (exact) mass is 309 g/mol. The van der Waals surface area contributed by atoms with Crippen LogP contribution >= 0.6 is 0 Å². The Labute approximate surface area is 132 Å². The molecular formula is C16H27N3O3. The molecule has 3 N–H and O–H groups in total. The Bertz CT molecular complexity index is 503. The third-order valence-electron chi connectivity index (χ3n) is 3.06. The van der Waals surface area contributed by atoms with E-state index in [1.807, 2.05) is 34.6 Å². The van der Waals surface area contributed by atoms with Crippen LogP contribution in [0, 0.1) is 6.92 Å². The highest BCUT2D eigenvalue weighted by Crippen LogP contribution is 2.08. The van der Waals surface area contributed by atoms with Crippen molar-refractivity contribution in [2.45, 2.75) is 59.1 Å². The first kappa shape index (κ1) is 18.1. The minimum atomic E-state index is -0.486. The molecule has 0 bridgehead atoms. The van der Waals surface area contributed by atoms with E-state index < -0.39 is 11.7 Å². The molecule has 0 fully saturated rings. The fourth-order valence-electron chi connectivity index (χ4n) is 1.97. The summed E-state index contributed by atoms with van der Waals surface area (Å²) in [5.74, 6) is -0.0775. The normalized spacial score (nSPS) is 12.6. The summed E-state index contributed by atoms with van der Waals surface area (Å²) in [7, 11) is 0. The zero-order valence-corrected chi connectivity index (χ0v) is 14.1. The van der Waals surface area contributed by atoms with Crippen molar-refractivity contribution >= 4 is 12.0 Å². The maximum atomic E-state index is 12.0. The molecule has 1 atom stereocenters. The number of aromatic amines is 1. The summed E-state index contributed by atoms with van der Waals surface area (Å²) in [4.78, 5) is 26.4. The van der Waals surface area contributed by atoms with Gasteiger partial charge in [-0.1, -0.05) is 0 Å². The fraction of sp³-hybridized carbons (Fsp3) is 0.625. The standard InChI is InChI=1S/C16H27N3O3/c1-11-9-17-10-13(11)14(20)19-12(2)7-6-8-18-15(21)22-16(3,4)5/h9-10,12,17H,6-8H2,1-5H3,(H,18,21)(H,19,20). The number of hydrogen-bond acceptors (Lipinski definition) is 3. The van der Waals surface area contributed by atoms with E-state index >= 15 is 0 Å². The van der Waals surface area contributed by atoms with E-state index in [2.05, 4.69) is 15.6 Å². The summed E-state index contributed by atoms with van der Waals surface area (Å²) in [6.45, 7) is 9.85. The van der Waals surface area contributed by atoms with E-state index in [1.165, 1.54) is 0 Å². The summed E-state index contributed by atoms with van der Waals surface area (Å²) in [5, 5.41) is 5.65. The van der Waals surface area contributed by atoms with Crippen LogP contribution in [0.25, 0.3) is 0 Å². The number of nitrogens with one attached hydrogen (secondary N) is 3. The molecule has 0 aromatic carbocycles. The van der Waals surface area contributed by atoms with E-state index in [0.717, 1.165) is 18.4 Å². The predicted octanol–water partition coefficient (Wildman–Crippen LogP) is 2.75. The minimum absolute atomic E-state index is 0.0437. The molecule has 0 aliphatic rings. The molecule has 6 heteroatoms. The van der Waals surface area contributed by atoms with Crippen LogP contribution in [0.15, 0.2) is 12.4 Å². The maximum Gasteiger partial charge on any atom is 0.407 e. The lowest BCUT2D eigenvalue weighted by atomic mass is 10.1. The van der Waals surface area contributed by atoms with Crippen LogP contribution in [0.3, 0.4) is 0 Å². The Morgan fingerprint density at radius 3 is 2.55 bits per heavy atom. The Hall–Kier alpha value is -1.98.